The van der Waals surface area contributed by atoms with Crippen LogP contribution in [0.1, 0.15) is 29.5 Å². The quantitative estimate of drug-likeness (QED) is 0.868. The Morgan fingerprint density at radius 2 is 2.13 bits per heavy atom. The standard InChI is InChI=1S/C16H19FN4O2/c1-3-14-10-20(8-9-23-14)16(22)15-11(2)21(19-18-15)13-6-4-12(17)5-7-13/h4-7,14H,3,8-10H2,1-2H3. The highest BCUT2D eigenvalue weighted by atomic mass is 19.1. The number of rotatable bonds is 3. The third kappa shape index (κ3) is 3.10. The molecule has 1 aromatic heterocycles. The first-order valence-corrected chi connectivity index (χ1v) is 7.69. The summed E-state index contributed by atoms with van der Waals surface area (Å²) in [5.41, 5.74) is 1.64. The van der Waals surface area contributed by atoms with Crippen molar-refractivity contribution in [3.05, 3.63) is 41.5 Å². The van der Waals surface area contributed by atoms with E-state index >= 15 is 0 Å². The molecule has 7 heteroatoms. The van der Waals surface area contributed by atoms with Gasteiger partial charge in [-0.1, -0.05) is 12.1 Å². The monoisotopic (exact) mass is 318 g/mol. The molecule has 1 amide bonds. The van der Waals surface area contributed by atoms with Gasteiger partial charge >= 0.3 is 0 Å². The number of halogens is 1. The van der Waals surface area contributed by atoms with Crippen LogP contribution < -0.4 is 0 Å². The summed E-state index contributed by atoms with van der Waals surface area (Å²) in [7, 11) is 0. The zero-order chi connectivity index (χ0) is 16.4. The Kier molecular flexibility index (Phi) is 4.38. The maximum atomic E-state index is 13.0. The number of aromatic nitrogens is 3. The molecule has 1 aliphatic heterocycles. The molecule has 0 radical (unpaired) electrons. The van der Waals surface area contributed by atoms with Gasteiger partial charge in [0.15, 0.2) is 5.69 Å². The summed E-state index contributed by atoms with van der Waals surface area (Å²) >= 11 is 0. The van der Waals surface area contributed by atoms with E-state index in [4.69, 9.17) is 4.74 Å². The highest BCUT2D eigenvalue weighted by molar-refractivity contribution is 5.93. The van der Waals surface area contributed by atoms with Gasteiger partial charge < -0.3 is 9.64 Å². The van der Waals surface area contributed by atoms with Crippen LogP contribution in [0.3, 0.4) is 0 Å². The fraction of sp³-hybridized carbons (Fsp3) is 0.438. The average molecular weight is 318 g/mol. The van der Waals surface area contributed by atoms with Crippen molar-refractivity contribution in [1.82, 2.24) is 19.9 Å². The third-order valence-corrected chi connectivity index (χ3v) is 4.05. The SMILES string of the molecule is CCC1CN(C(=O)c2nnn(-c3ccc(F)cc3)c2C)CCO1. The predicted molar refractivity (Wildman–Crippen MR) is 82.0 cm³/mol. The van der Waals surface area contributed by atoms with Gasteiger partial charge in [0.25, 0.3) is 5.91 Å². The maximum Gasteiger partial charge on any atom is 0.276 e. The van der Waals surface area contributed by atoms with Crippen LogP contribution in [0.15, 0.2) is 24.3 Å². The van der Waals surface area contributed by atoms with Crippen molar-refractivity contribution in [3.8, 4) is 5.69 Å². The molecule has 1 unspecified atom stereocenters. The van der Waals surface area contributed by atoms with Crippen LogP contribution in [0, 0.1) is 12.7 Å². The molecule has 3 rings (SSSR count). The molecule has 1 aliphatic rings. The van der Waals surface area contributed by atoms with Gasteiger partial charge in [0.2, 0.25) is 0 Å². The minimum absolute atomic E-state index is 0.0696. The van der Waals surface area contributed by atoms with Crippen molar-refractivity contribution in [1.29, 1.82) is 0 Å². The van der Waals surface area contributed by atoms with E-state index in [0.717, 1.165) is 6.42 Å². The Labute approximate surface area is 133 Å². The second kappa shape index (κ2) is 6.45. The third-order valence-electron chi connectivity index (χ3n) is 4.05. The van der Waals surface area contributed by atoms with E-state index in [9.17, 15) is 9.18 Å². The molecule has 0 N–H and O–H groups in total. The number of hydrogen-bond acceptors (Lipinski definition) is 4. The molecule has 122 valence electrons. The van der Waals surface area contributed by atoms with E-state index in [1.807, 2.05) is 6.92 Å². The Morgan fingerprint density at radius 1 is 1.39 bits per heavy atom. The molecule has 1 aromatic carbocycles. The first-order valence-electron chi connectivity index (χ1n) is 7.69. The fourth-order valence-electron chi connectivity index (χ4n) is 2.65. The zero-order valence-corrected chi connectivity index (χ0v) is 13.2. The van der Waals surface area contributed by atoms with Crippen molar-refractivity contribution in [2.45, 2.75) is 26.4 Å². The van der Waals surface area contributed by atoms with Crippen LogP contribution in [0.4, 0.5) is 4.39 Å². The molecule has 2 heterocycles. The summed E-state index contributed by atoms with van der Waals surface area (Å²) < 4.78 is 20.2. The fourth-order valence-corrected chi connectivity index (χ4v) is 2.65. The smallest absolute Gasteiger partial charge is 0.276 e. The molecule has 1 saturated heterocycles. The van der Waals surface area contributed by atoms with E-state index in [1.165, 1.54) is 12.1 Å². The average Bonchev–Trinajstić information content (AvgIpc) is 2.96. The molecule has 0 bridgehead atoms. The van der Waals surface area contributed by atoms with Crippen LogP contribution in [-0.2, 0) is 4.74 Å². The zero-order valence-electron chi connectivity index (χ0n) is 13.2. The van der Waals surface area contributed by atoms with Crippen molar-refractivity contribution in [3.63, 3.8) is 0 Å². The van der Waals surface area contributed by atoms with E-state index < -0.39 is 0 Å². The van der Waals surface area contributed by atoms with Gasteiger partial charge in [0, 0.05) is 13.1 Å². The van der Waals surface area contributed by atoms with Crippen LogP contribution in [0.5, 0.6) is 0 Å². The van der Waals surface area contributed by atoms with E-state index in [1.54, 1.807) is 28.6 Å². The number of amides is 1. The van der Waals surface area contributed by atoms with E-state index in [2.05, 4.69) is 10.3 Å². The second-order valence-electron chi connectivity index (χ2n) is 5.56. The summed E-state index contributed by atoms with van der Waals surface area (Å²) in [6.45, 7) is 5.48. The molecule has 1 fully saturated rings. The van der Waals surface area contributed by atoms with E-state index in [-0.39, 0.29) is 17.8 Å². The first-order chi connectivity index (χ1) is 11.1. The summed E-state index contributed by atoms with van der Waals surface area (Å²) in [4.78, 5) is 14.4. The summed E-state index contributed by atoms with van der Waals surface area (Å²) in [5, 5.41) is 8.06. The van der Waals surface area contributed by atoms with Gasteiger partial charge in [-0.15, -0.1) is 5.10 Å². The van der Waals surface area contributed by atoms with Crippen molar-refractivity contribution < 1.29 is 13.9 Å². The summed E-state index contributed by atoms with van der Waals surface area (Å²) in [6, 6.07) is 5.91. The Hall–Kier alpha value is -2.28. The molecule has 0 spiro atoms. The maximum absolute atomic E-state index is 13.0. The lowest BCUT2D eigenvalue weighted by Crippen LogP contribution is -2.45. The topological polar surface area (TPSA) is 60.2 Å². The van der Waals surface area contributed by atoms with Crippen LogP contribution in [-0.4, -0.2) is 51.6 Å². The number of hydrogen-bond donors (Lipinski definition) is 0. The first kappa shape index (κ1) is 15.6. The summed E-state index contributed by atoms with van der Waals surface area (Å²) in [5.74, 6) is -0.459. The minimum Gasteiger partial charge on any atom is -0.375 e. The van der Waals surface area contributed by atoms with Gasteiger partial charge in [-0.2, -0.15) is 0 Å². The van der Waals surface area contributed by atoms with E-state index in [0.29, 0.717) is 36.8 Å². The largest absolute Gasteiger partial charge is 0.375 e. The second-order valence-corrected chi connectivity index (χ2v) is 5.56. The molecule has 0 aliphatic carbocycles. The number of morpholine rings is 1. The number of benzene rings is 1. The van der Waals surface area contributed by atoms with Crippen LogP contribution in [0.25, 0.3) is 5.69 Å². The molecule has 0 saturated carbocycles. The van der Waals surface area contributed by atoms with Gasteiger partial charge in [0.05, 0.1) is 24.1 Å². The predicted octanol–water partition coefficient (Wildman–Crippen LogP) is 1.97. The molecule has 23 heavy (non-hydrogen) atoms. The lowest BCUT2D eigenvalue weighted by molar-refractivity contribution is -0.0228. The molecule has 2 aromatic rings. The number of carbonyl (C=O) groups excluding carboxylic acids is 1. The van der Waals surface area contributed by atoms with Crippen molar-refractivity contribution in [2.75, 3.05) is 19.7 Å². The Balaban J connectivity index is 1.83. The molecular formula is C16H19FN4O2. The number of ether oxygens (including phenoxy) is 1. The Morgan fingerprint density at radius 3 is 2.83 bits per heavy atom. The lowest BCUT2D eigenvalue weighted by Gasteiger charge is -2.32. The normalized spacial score (nSPS) is 18.2. The summed E-state index contributed by atoms with van der Waals surface area (Å²) in [6.07, 6.45) is 0.936. The highest BCUT2D eigenvalue weighted by Gasteiger charge is 2.27. The van der Waals surface area contributed by atoms with Gasteiger partial charge in [-0.3, -0.25) is 4.79 Å². The Bertz CT molecular complexity index is 699. The molecule has 6 nitrogen and oxygen atoms in total. The van der Waals surface area contributed by atoms with Gasteiger partial charge in [-0.05, 0) is 37.6 Å². The van der Waals surface area contributed by atoms with Crippen LogP contribution >= 0.6 is 0 Å². The van der Waals surface area contributed by atoms with Crippen LogP contribution in [0.2, 0.25) is 0 Å². The number of carbonyl (C=O) groups is 1. The number of nitrogens with zero attached hydrogens (tertiary/aromatic N) is 4. The van der Waals surface area contributed by atoms with Crippen molar-refractivity contribution >= 4 is 5.91 Å². The lowest BCUT2D eigenvalue weighted by atomic mass is 10.2. The minimum atomic E-state index is -0.318. The molecular weight excluding hydrogens is 299 g/mol. The highest BCUT2D eigenvalue weighted by Crippen LogP contribution is 2.16. The van der Waals surface area contributed by atoms with Gasteiger partial charge in [-0.25, -0.2) is 9.07 Å². The molecule has 1 atom stereocenters. The van der Waals surface area contributed by atoms with Gasteiger partial charge in [0.1, 0.15) is 5.82 Å². The van der Waals surface area contributed by atoms with Crippen molar-refractivity contribution in [2.24, 2.45) is 0 Å².